The molecule has 35 heavy (non-hydrogen) atoms. The minimum atomic E-state index is -4.01. The molecule has 172 valence electrons. The Balaban J connectivity index is 1.60. The SMILES string of the molecule is Cc1ccc(S(=O)(=O)[C@H](C#N)c2nc3ccccc3nc2SCc2cccc3ccccc23)cc1. The van der Waals surface area contributed by atoms with Gasteiger partial charge in [-0.3, -0.25) is 0 Å². The van der Waals surface area contributed by atoms with Crippen molar-refractivity contribution in [2.24, 2.45) is 0 Å². The first kappa shape index (κ1) is 23.0. The summed E-state index contributed by atoms with van der Waals surface area (Å²) in [4.78, 5) is 9.48. The van der Waals surface area contributed by atoms with Crippen molar-refractivity contribution in [1.82, 2.24) is 9.97 Å². The van der Waals surface area contributed by atoms with Crippen molar-refractivity contribution in [2.75, 3.05) is 0 Å². The first-order valence-corrected chi connectivity index (χ1v) is 13.6. The molecule has 5 rings (SSSR count). The van der Waals surface area contributed by atoms with Gasteiger partial charge in [-0.25, -0.2) is 18.4 Å². The van der Waals surface area contributed by atoms with Crippen molar-refractivity contribution in [3.8, 4) is 6.07 Å². The molecule has 1 aromatic heterocycles. The van der Waals surface area contributed by atoms with Crippen LogP contribution in [0.2, 0.25) is 0 Å². The highest BCUT2D eigenvalue weighted by molar-refractivity contribution is 7.98. The third-order valence-electron chi connectivity index (χ3n) is 5.83. The smallest absolute Gasteiger partial charge is 0.200 e. The fourth-order valence-electron chi connectivity index (χ4n) is 3.98. The third kappa shape index (κ3) is 4.51. The largest absolute Gasteiger partial charge is 0.246 e. The predicted molar refractivity (Wildman–Crippen MR) is 140 cm³/mol. The van der Waals surface area contributed by atoms with Gasteiger partial charge in [0, 0.05) is 5.75 Å². The lowest BCUT2D eigenvalue weighted by molar-refractivity contribution is 0.589. The van der Waals surface area contributed by atoms with Crippen LogP contribution in [0.4, 0.5) is 0 Å². The molecule has 0 N–H and O–H groups in total. The van der Waals surface area contributed by atoms with Gasteiger partial charge in [-0.2, -0.15) is 5.26 Å². The predicted octanol–water partition coefficient (Wildman–Crippen LogP) is 6.42. The molecule has 5 nitrogen and oxygen atoms in total. The molecule has 4 aromatic carbocycles. The Morgan fingerprint density at radius 3 is 2.26 bits per heavy atom. The highest BCUT2D eigenvalue weighted by atomic mass is 32.2. The zero-order valence-electron chi connectivity index (χ0n) is 18.9. The molecule has 1 atom stereocenters. The van der Waals surface area contributed by atoms with Crippen LogP contribution in [0.15, 0.2) is 101 Å². The van der Waals surface area contributed by atoms with Crippen LogP contribution in [0.5, 0.6) is 0 Å². The summed E-state index contributed by atoms with van der Waals surface area (Å²) in [5, 5.41) is 11.3. The molecule has 5 aromatic rings. The van der Waals surface area contributed by atoms with E-state index in [1.807, 2.05) is 55.5 Å². The lowest BCUT2D eigenvalue weighted by atomic mass is 10.1. The number of aryl methyl sites for hydroxylation is 1. The van der Waals surface area contributed by atoms with Crippen LogP contribution >= 0.6 is 11.8 Å². The number of para-hydroxylation sites is 2. The zero-order chi connectivity index (χ0) is 24.4. The molecular weight excluding hydrogens is 474 g/mol. The summed E-state index contributed by atoms with van der Waals surface area (Å²) in [5.74, 6) is 0.560. The van der Waals surface area contributed by atoms with Crippen molar-refractivity contribution in [3.63, 3.8) is 0 Å². The van der Waals surface area contributed by atoms with Gasteiger partial charge in [-0.05, 0) is 47.5 Å². The molecule has 0 fully saturated rings. The van der Waals surface area contributed by atoms with Crippen LogP contribution in [0.25, 0.3) is 21.8 Å². The van der Waals surface area contributed by atoms with Crippen molar-refractivity contribution in [3.05, 3.63) is 108 Å². The van der Waals surface area contributed by atoms with E-state index >= 15 is 0 Å². The van der Waals surface area contributed by atoms with Gasteiger partial charge >= 0.3 is 0 Å². The maximum Gasteiger partial charge on any atom is 0.200 e. The van der Waals surface area contributed by atoms with E-state index in [9.17, 15) is 13.7 Å². The van der Waals surface area contributed by atoms with Crippen LogP contribution in [0, 0.1) is 18.3 Å². The van der Waals surface area contributed by atoms with Gasteiger partial charge in [-0.15, -0.1) is 0 Å². The summed E-state index contributed by atoms with van der Waals surface area (Å²) in [6.45, 7) is 1.88. The van der Waals surface area contributed by atoms with E-state index in [4.69, 9.17) is 4.98 Å². The summed E-state index contributed by atoms with van der Waals surface area (Å²) in [6, 6.07) is 30.1. The van der Waals surface area contributed by atoms with Gasteiger partial charge < -0.3 is 0 Å². The van der Waals surface area contributed by atoms with Crippen LogP contribution in [-0.4, -0.2) is 18.4 Å². The van der Waals surface area contributed by atoms with E-state index < -0.39 is 15.1 Å². The highest BCUT2D eigenvalue weighted by Gasteiger charge is 2.33. The van der Waals surface area contributed by atoms with Gasteiger partial charge in [0.25, 0.3) is 0 Å². The molecule has 0 saturated carbocycles. The number of nitrogens with zero attached hydrogens (tertiary/aromatic N) is 3. The maximum atomic E-state index is 13.5. The zero-order valence-corrected chi connectivity index (χ0v) is 20.6. The van der Waals surface area contributed by atoms with Crippen molar-refractivity contribution >= 4 is 43.4 Å². The van der Waals surface area contributed by atoms with E-state index in [0.717, 1.165) is 21.9 Å². The molecule has 1 heterocycles. The number of fused-ring (bicyclic) bond motifs is 2. The molecule has 0 aliphatic heterocycles. The average molecular weight is 496 g/mol. The summed E-state index contributed by atoms with van der Waals surface area (Å²) < 4.78 is 27.0. The second-order valence-electron chi connectivity index (χ2n) is 8.20. The Bertz CT molecular complexity index is 1690. The second-order valence-corrected chi connectivity index (χ2v) is 11.2. The molecule has 0 saturated heterocycles. The Labute approximate surface area is 208 Å². The molecule has 0 amide bonds. The Morgan fingerprint density at radius 2 is 1.51 bits per heavy atom. The highest BCUT2D eigenvalue weighted by Crippen LogP contribution is 2.36. The lowest BCUT2D eigenvalue weighted by Gasteiger charge is -2.15. The molecule has 7 heteroatoms. The molecule has 0 radical (unpaired) electrons. The molecule has 0 bridgehead atoms. The molecule has 0 aliphatic rings. The van der Waals surface area contributed by atoms with E-state index in [1.54, 1.807) is 18.2 Å². The van der Waals surface area contributed by atoms with Crippen molar-refractivity contribution in [2.45, 2.75) is 27.8 Å². The minimum absolute atomic E-state index is 0.0922. The normalized spacial score (nSPS) is 12.5. The standard InChI is InChI=1S/C28H21N3O2S2/c1-19-13-15-22(16-14-19)35(32,33)26(17-29)27-28(31-25-12-5-4-11-24(25)30-27)34-18-21-9-6-8-20-7-2-3-10-23(20)21/h2-16,26H,18H2,1H3/t26-/m1/s1. The average Bonchev–Trinajstić information content (AvgIpc) is 2.88. The Hall–Kier alpha value is -3.73. The number of sulfone groups is 1. The summed E-state index contributed by atoms with van der Waals surface area (Å²) in [6.07, 6.45) is 0. The van der Waals surface area contributed by atoms with Gasteiger partial charge in [0.15, 0.2) is 15.1 Å². The number of thioether (sulfide) groups is 1. The summed E-state index contributed by atoms with van der Waals surface area (Å²) >= 11 is 1.40. The number of hydrogen-bond donors (Lipinski definition) is 0. The van der Waals surface area contributed by atoms with Crippen LogP contribution < -0.4 is 0 Å². The third-order valence-corrected chi connectivity index (χ3v) is 8.74. The maximum absolute atomic E-state index is 13.5. The fraction of sp³-hybridized carbons (Fsp3) is 0.107. The van der Waals surface area contributed by atoms with Gasteiger partial charge in [-0.1, -0.05) is 84.1 Å². The first-order chi connectivity index (χ1) is 17.0. The molecule has 0 unspecified atom stereocenters. The lowest BCUT2D eigenvalue weighted by Crippen LogP contribution is -2.15. The fourth-order valence-corrected chi connectivity index (χ4v) is 6.46. The Morgan fingerprint density at radius 1 is 0.857 bits per heavy atom. The van der Waals surface area contributed by atoms with Gasteiger partial charge in [0.05, 0.1) is 22.0 Å². The topological polar surface area (TPSA) is 83.7 Å². The Kier molecular flexibility index (Phi) is 6.25. The van der Waals surface area contributed by atoms with Crippen LogP contribution in [-0.2, 0) is 15.6 Å². The van der Waals surface area contributed by atoms with Crippen LogP contribution in [0.3, 0.4) is 0 Å². The summed E-state index contributed by atoms with van der Waals surface area (Å²) in [7, 11) is -4.01. The van der Waals surface area contributed by atoms with Crippen molar-refractivity contribution < 1.29 is 8.42 Å². The second kappa shape index (κ2) is 9.49. The van der Waals surface area contributed by atoms with E-state index in [2.05, 4.69) is 23.2 Å². The number of nitriles is 1. The molecule has 0 aliphatic carbocycles. The van der Waals surface area contributed by atoms with E-state index in [-0.39, 0.29) is 10.6 Å². The van der Waals surface area contributed by atoms with Crippen LogP contribution in [0.1, 0.15) is 22.1 Å². The molecule has 0 spiro atoms. The minimum Gasteiger partial charge on any atom is -0.246 e. The monoisotopic (exact) mass is 495 g/mol. The van der Waals surface area contributed by atoms with Gasteiger partial charge in [0.1, 0.15) is 10.7 Å². The van der Waals surface area contributed by atoms with Gasteiger partial charge in [0.2, 0.25) is 0 Å². The number of hydrogen-bond acceptors (Lipinski definition) is 6. The van der Waals surface area contributed by atoms with E-state index in [1.165, 1.54) is 23.9 Å². The molecular formula is C28H21N3O2S2. The quantitative estimate of drug-likeness (QED) is 0.253. The number of benzene rings is 4. The number of rotatable bonds is 6. The number of aromatic nitrogens is 2. The first-order valence-electron chi connectivity index (χ1n) is 11.0. The summed E-state index contributed by atoms with van der Waals surface area (Å²) in [5.41, 5.74) is 3.41. The van der Waals surface area contributed by atoms with E-state index in [0.29, 0.717) is 21.8 Å². The van der Waals surface area contributed by atoms with Crippen molar-refractivity contribution in [1.29, 1.82) is 5.26 Å².